The van der Waals surface area contributed by atoms with Gasteiger partial charge in [-0.05, 0) is 56.2 Å². The van der Waals surface area contributed by atoms with Crippen molar-refractivity contribution in [3.05, 3.63) is 71.9 Å². The number of hydrogen-bond donors (Lipinski definition) is 5. The second kappa shape index (κ2) is 19.5. The first kappa shape index (κ1) is 39.7. The normalized spacial score (nSPS) is 15.9. The lowest BCUT2D eigenvalue weighted by atomic mass is 9.96. The van der Waals surface area contributed by atoms with Crippen molar-refractivity contribution in [2.45, 2.75) is 76.0 Å². The Labute approximate surface area is 308 Å². The third kappa shape index (κ3) is 10.7. The first-order valence-electron chi connectivity index (χ1n) is 17.6. The van der Waals surface area contributed by atoms with E-state index >= 15 is 0 Å². The number of ether oxygens (including phenoxy) is 1. The fourth-order valence-corrected chi connectivity index (χ4v) is 6.62. The van der Waals surface area contributed by atoms with Crippen LogP contribution in [0.4, 0.5) is 4.79 Å². The number of primary amides is 1. The van der Waals surface area contributed by atoms with Crippen LogP contribution in [0.2, 0.25) is 0 Å². The zero-order valence-electron chi connectivity index (χ0n) is 29.6. The molecule has 1 aliphatic rings. The number of H-pyrrole nitrogens is 1. The maximum absolute atomic E-state index is 14.3. The number of halogens is 1. The number of nitrogens with one attached hydrogen (secondary N) is 4. The molecule has 1 aliphatic heterocycles. The molecule has 15 heteroatoms. The van der Waals surface area contributed by atoms with Crippen molar-refractivity contribution in [1.82, 2.24) is 30.7 Å². The summed E-state index contributed by atoms with van der Waals surface area (Å²) in [5.74, 6) is -2.94. The van der Waals surface area contributed by atoms with Crippen molar-refractivity contribution < 1.29 is 33.5 Å². The van der Waals surface area contributed by atoms with E-state index in [2.05, 4.69) is 20.9 Å². The van der Waals surface area contributed by atoms with Crippen LogP contribution >= 0.6 is 11.6 Å². The smallest absolute Gasteiger partial charge is 0.328 e. The van der Waals surface area contributed by atoms with E-state index in [9.17, 15) is 28.8 Å². The number of aromatic nitrogens is 1. The van der Waals surface area contributed by atoms with Gasteiger partial charge in [-0.15, -0.1) is 11.6 Å². The predicted molar refractivity (Wildman–Crippen MR) is 196 cm³/mol. The third-order valence-corrected chi connectivity index (χ3v) is 9.44. The van der Waals surface area contributed by atoms with E-state index in [0.717, 1.165) is 22.0 Å². The van der Waals surface area contributed by atoms with E-state index in [1.165, 1.54) is 16.8 Å². The van der Waals surface area contributed by atoms with Crippen LogP contribution in [0.5, 0.6) is 0 Å². The summed E-state index contributed by atoms with van der Waals surface area (Å²) in [7, 11) is 1.53. The molecular formula is C37H48ClN7O7. The van der Waals surface area contributed by atoms with E-state index in [1.807, 2.05) is 54.6 Å². The number of fused-ring (bicyclic) bond motifs is 1. The molecule has 2 heterocycles. The highest BCUT2D eigenvalue weighted by Gasteiger charge is 2.39. The van der Waals surface area contributed by atoms with E-state index in [4.69, 9.17) is 22.1 Å². The number of para-hydroxylation sites is 1. The van der Waals surface area contributed by atoms with E-state index in [0.29, 0.717) is 25.7 Å². The minimum absolute atomic E-state index is 0.0740. The van der Waals surface area contributed by atoms with Crippen molar-refractivity contribution >= 4 is 58.1 Å². The molecule has 3 aromatic rings. The Bertz CT molecular complexity index is 1700. The largest absolute Gasteiger partial charge is 0.464 e. The highest BCUT2D eigenvalue weighted by molar-refractivity contribution is 6.27. The molecule has 52 heavy (non-hydrogen) atoms. The van der Waals surface area contributed by atoms with Gasteiger partial charge >= 0.3 is 12.0 Å². The summed E-state index contributed by atoms with van der Waals surface area (Å²) in [6.45, 7) is 2.20. The summed E-state index contributed by atoms with van der Waals surface area (Å²) in [6, 6.07) is 12.1. The molecule has 0 spiro atoms. The van der Waals surface area contributed by atoms with Crippen molar-refractivity contribution in [2.24, 2.45) is 5.73 Å². The number of urea groups is 1. The Morgan fingerprint density at radius 2 is 1.73 bits per heavy atom. The quantitative estimate of drug-likeness (QED) is 0.0797. The number of likely N-dealkylation sites (N-methyl/N-ethyl adjacent to an activating group) is 1. The molecule has 6 N–H and O–H groups in total. The molecule has 280 valence electrons. The van der Waals surface area contributed by atoms with Gasteiger partial charge in [0.2, 0.25) is 23.6 Å². The highest BCUT2D eigenvalue weighted by atomic mass is 35.5. The van der Waals surface area contributed by atoms with E-state index in [1.54, 1.807) is 13.1 Å². The van der Waals surface area contributed by atoms with Gasteiger partial charge in [-0.1, -0.05) is 48.5 Å². The number of rotatable bonds is 17. The Morgan fingerprint density at radius 1 is 1.00 bits per heavy atom. The number of carbonyl (C=O) groups excluding carboxylic acids is 6. The van der Waals surface area contributed by atoms with Crippen LogP contribution in [0.25, 0.3) is 10.9 Å². The van der Waals surface area contributed by atoms with Gasteiger partial charge in [0, 0.05) is 50.1 Å². The maximum Gasteiger partial charge on any atom is 0.328 e. The SMILES string of the molecule is CCOC(=O)C(CCCNC(N)=O)NC(=O)C(Cc1c[nH]c2ccccc12)NC(=O)C1CCCCN1C(=O)C(Cc1ccccc1)N(C)C(=O)CCl. The number of nitrogens with zero attached hydrogens (tertiary/aromatic N) is 2. The van der Waals surface area contributed by atoms with Gasteiger partial charge in [0.25, 0.3) is 0 Å². The minimum Gasteiger partial charge on any atom is -0.464 e. The number of nitrogens with two attached hydrogens (primary N) is 1. The molecule has 0 saturated carbocycles. The van der Waals surface area contributed by atoms with Gasteiger partial charge in [-0.3, -0.25) is 19.2 Å². The fourth-order valence-electron chi connectivity index (χ4n) is 6.43. The first-order valence-corrected chi connectivity index (χ1v) is 18.1. The highest BCUT2D eigenvalue weighted by Crippen LogP contribution is 2.23. The number of likely N-dealkylation sites (tertiary alicyclic amines) is 1. The molecule has 4 atom stereocenters. The molecule has 4 rings (SSSR count). The minimum atomic E-state index is -1.15. The third-order valence-electron chi connectivity index (χ3n) is 9.21. The zero-order valence-corrected chi connectivity index (χ0v) is 30.3. The number of benzene rings is 2. The summed E-state index contributed by atoms with van der Waals surface area (Å²) >= 11 is 5.90. The molecule has 0 bridgehead atoms. The number of hydrogen-bond acceptors (Lipinski definition) is 7. The van der Waals surface area contributed by atoms with Gasteiger partial charge in [-0.2, -0.15) is 0 Å². The van der Waals surface area contributed by atoms with Crippen molar-refractivity contribution in [3.8, 4) is 0 Å². The van der Waals surface area contributed by atoms with Crippen LogP contribution in [0, 0.1) is 0 Å². The Balaban J connectivity index is 1.60. The second-order valence-corrected chi connectivity index (χ2v) is 13.0. The van der Waals surface area contributed by atoms with Crippen LogP contribution < -0.4 is 21.7 Å². The van der Waals surface area contributed by atoms with Crippen molar-refractivity contribution in [1.29, 1.82) is 0 Å². The number of piperidine rings is 1. The zero-order chi connectivity index (χ0) is 37.6. The van der Waals surface area contributed by atoms with Gasteiger partial charge in [0.05, 0.1) is 6.61 Å². The summed E-state index contributed by atoms with van der Waals surface area (Å²) in [4.78, 5) is 85.4. The van der Waals surface area contributed by atoms with Gasteiger partial charge in [0.1, 0.15) is 30.0 Å². The van der Waals surface area contributed by atoms with Crippen LogP contribution in [0.1, 0.15) is 50.2 Å². The predicted octanol–water partition coefficient (Wildman–Crippen LogP) is 2.38. The van der Waals surface area contributed by atoms with Crippen molar-refractivity contribution in [3.63, 3.8) is 0 Å². The lowest BCUT2D eigenvalue weighted by Crippen LogP contribution is -2.61. The van der Waals surface area contributed by atoms with Crippen LogP contribution in [-0.2, 0) is 41.6 Å². The first-order chi connectivity index (χ1) is 25.0. The summed E-state index contributed by atoms with van der Waals surface area (Å²) in [5.41, 5.74) is 7.60. The molecular weight excluding hydrogens is 690 g/mol. The number of esters is 1. The van der Waals surface area contributed by atoms with Gasteiger partial charge in [-0.25, -0.2) is 9.59 Å². The molecule has 1 saturated heterocycles. The summed E-state index contributed by atoms with van der Waals surface area (Å²) in [5, 5.41) is 8.97. The lowest BCUT2D eigenvalue weighted by Gasteiger charge is -2.39. The standard InChI is InChI=1S/C37H48ClN7O7/c1-3-52-36(50)28(16-11-18-40-37(39)51)42-33(47)29(21-25-23-41-27-15-8-7-14-26(25)27)43-34(48)30-17-9-10-19-45(30)35(49)31(44(2)32(46)22-38)20-24-12-5-4-6-13-24/h4-8,12-15,23,28-31,41H,3,9-11,16-22H2,1-2H3,(H,42,47)(H,43,48)(H3,39,40,51). The molecule has 6 amide bonds. The van der Waals surface area contributed by atoms with Crippen LogP contribution in [0.15, 0.2) is 60.8 Å². The monoisotopic (exact) mass is 737 g/mol. The molecule has 14 nitrogen and oxygen atoms in total. The Kier molecular flexibility index (Phi) is 14.9. The maximum atomic E-state index is 14.3. The average Bonchev–Trinajstić information content (AvgIpc) is 3.56. The van der Waals surface area contributed by atoms with E-state index < -0.39 is 59.8 Å². The fraction of sp³-hybridized carbons (Fsp3) is 0.459. The van der Waals surface area contributed by atoms with Gasteiger partial charge in [0.15, 0.2) is 0 Å². The van der Waals surface area contributed by atoms with E-state index in [-0.39, 0.29) is 44.8 Å². The number of amides is 6. The average molecular weight is 738 g/mol. The number of aromatic amines is 1. The molecule has 1 aromatic heterocycles. The summed E-state index contributed by atoms with van der Waals surface area (Å²) < 4.78 is 5.21. The lowest BCUT2D eigenvalue weighted by molar-refractivity contribution is -0.150. The van der Waals surface area contributed by atoms with Crippen molar-refractivity contribution in [2.75, 3.05) is 32.6 Å². The topological polar surface area (TPSA) is 196 Å². The summed E-state index contributed by atoms with van der Waals surface area (Å²) in [6.07, 6.45) is 4.20. The van der Waals surface area contributed by atoms with Crippen LogP contribution in [-0.4, -0.2) is 107 Å². The van der Waals surface area contributed by atoms with Gasteiger partial charge < -0.3 is 41.2 Å². The molecule has 1 fully saturated rings. The second-order valence-electron chi connectivity index (χ2n) is 12.8. The Hall–Kier alpha value is -5.11. The number of carbonyl (C=O) groups is 6. The molecule has 2 aromatic carbocycles. The molecule has 0 aliphatic carbocycles. The molecule has 4 unspecified atom stereocenters. The van der Waals surface area contributed by atoms with Crippen LogP contribution in [0.3, 0.4) is 0 Å². The number of alkyl halides is 1. The Morgan fingerprint density at radius 3 is 2.44 bits per heavy atom. The molecule has 0 radical (unpaired) electrons.